The molecule has 0 fully saturated rings. The third kappa shape index (κ3) is 2.24. The summed E-state index contributed by atoms with van der Waals surface area (Å²) < 4.78 is 5.44. The molecular formula is C11H7ClNO. The van der Waals surface area contributed by atoms with E-state index in [1.807, 2.05) is 12.1 Å². The highest BCUT2D eigenvalue weighted by molar-refractivity contribution is 6.29. The maximum absolute atomic E-state index is 5.71. The largest absolute Gasteiger partial charge is 0.439 e. The first-order valence-corrected chi connectivity index (χ1v) is 4.49. The second-order valence-corrected chi connectivity index (χ2v) is 3.02. The number of rotatable bonds is 2. The summed E-state index contributed by atoms with van der Waals surface area (Å²) in [6.45, 7) is 0. The Hall–Kier alpha value is -1.54. The highest BCUT2D eigenvalue weighted by Gasteiger charge is 1.97. The zero-order valence-electron chi connectivity index (χ0n) is 7.27. The Labute approximate surface area is 87.1 Å². The normalized spacial score (nSPS) is 9.79. The maximum atomic E-state index is 5.71. The lowest BCUT2D eigenvalue weighted by molar-refractivity contribution is 0.463. The van der Waals surface area contributed by atoms with Gasteiger partial charge in [0, 0.05) is 6.07 Å². The van der Waals surface area contributed by atoms with Gasteiger partial charge in [0.05, 0.1) is 0 Å². The van der Waals surface area contributed by atoms with Crippen molar-refractivity contribution in [2.45, 2.75) is 0 Å². The summed E-state index contributed by atoms with van der Waals surface area (Å²) in [5.41, 5.74) is 0. The number of halogens is 1. The van der Waals surface area contributed by atoms with Crippen LogP contribution in [0.4, 0.5) is 0 Å². The summed E-state index contributed by atoms with van der Waals surface area (Å²) in [6, 6.07) is 15.3. The monoisotopic (exact) mass is 204 g/mol. The van der Waals surface area contributed by atoms with Crippen molar-refractivity contribution < 1.29 is 4.74 Å². The Balaban J connectivity index is 2.19. The van der Waals surface area contributed by atoms with E-state index in [0.29, 0.717) is 11.0 Å². The van der Waals surface area contributed by atoms with Gasteiger partial charge in [-0.25, -0.2) is 4.98 Å². The van der Waals surface area contributed by atoms with Crippen LogP contribution in [0, 0.1) is 6.07 Å². The summed E-state index contributed by atoms with van der Waals surface area (Å²) in [5, 5.41) is 0.421. The summed E-state index contributed by atoms with van der Waals surface area (Å²) in [5.74, 6) is 1.21. The molecule has 0 bridgehead atoms. The van der Waals surface area contributed by atoms with Gasteiger partial charge in [0.2, 0.25) is 5.88 Å². The SMILES string of the molecule is Clc1cccc(Oc2cc[c]cc2)n1. The van der Waals surface area contributed by atoms with Crippen molar-refractivity contribution >= 4 is 11.6 Å². The lowest BCUT2D eigenvalue weighted by Crippen LogP contribution is -1.86. The molecule has 0 amide bonds. The Morgan fingerprint density at radius 2 is 1.93 bits per heavy atom. The third-order valence-electron chi connectivity index (χ3n) is 1.60. The molecule has 69 valence electrons. The Morgan fingerprint density at radius 1 is 1.14 bits per heavy atom. The molecule has 1 radical (unpaired) electrons. The minimum Gasteiger partial charge on any atom is -0.439 e. The van der Waals surface area contributed by atoms with Crippen molar-refractivity contribution in [2.75, 3.05) is 0 Å². The van der Waals surface area contributed by atoms with Crippen LogP contribution in [0.15, 0.2) is 42.5 Å². The molecule has 0 saturated heterocycles. The van der Waals surface area contributed by atoms with Gasteiger partial charge in [0.25, 0.3) is 0 Å². The molecule has 1 aromatic carbocycles. The van der Waals surface area contributed by atoms with Crippen LogP contribution in [-0.2, 0) is 0 Å². The van der Waals surface area contributed by atoms with Gasteiger partial charge in [-0.3, -0.25) is 0 Å². The first kappa shape index (κ1) is 9.03. The van der Waals surface area contributed by atoms with Crippen molar-refractivity contribution in [3.63, 3.8) is 0 Å². The quantitative estimate of drug-likeness (QED) is 0.700. The first-order chi connectivity index (χ1) is 6.84. The van der Waals surface area contributed by atoms with E-state index in [2.05, 4.69) is 11.1 Å². The highest BCUT2D eigenvalue weighted by atomic mass is 35.5. The highest BCUT2D eigenvalue weighted by Crippen LogP contribution is 2.19. The van der Waals surface area contributed by atoms with E-state index in [1.54, 1.807) is 30.3 Å². The average Bonchev–Trinajstić information content (AvgIpc) is 2.19. The van der Waals surface area contributed by atoms with Crippen LogP contribution in [0.3, 0.4) is 0 Å². The molecule has 0 aliphatic carbocycles. The van der Waals surface area contributed by atoms with Crippen molar-refractivity contribution in [3.05, 3.63) is 53.7 Å². The Kier molecular flexibility index (Phi) is 2.65. The third-order valence-corrected chi connectivity index (χ3v) is 1.81. The minimum absolute atomic E-state index is 0.421. The molecule has 2 rings (SSSR count). The summed E-state index contributed by atoms with van der Waals surface area (Å²) in [7, 11) is 0. The predicted molar refractivity (Wildman–Crippen MR) is 54.6 cm³/mol. The van der Waals surface area contributed by atoms with Gasteiger partial charge >= 0.3 is 0 Å². The lowest BCUT2D eigenvalue weighted by atomic mass is 10.3. The van der Waals surface area contributed by atoms with Gasteiger partial charge < -0.3 is 4.74 Å². The van der Waals surface area contributed by atoms with Crippen LogP contribution in [0.25, 0.3) is 0 Å². The molecule has 0 atom stereocenters. The van der Waals surface area contributed by atoms with Crippen LogP contribution >= 0.6 is 11.6 Å². The molecular weight excluding hydrogens is 198 g/mol. The number of aromatic nitrogens is 1. The lowest BCUT2D eigenvalue weighted by Gasteiger charge is -2.03. The minimum atomic E-state index is 0.421. The molecule has 3 heteroatoms. The molecule has 1 heterocycles. The van der Waals surface area contributed by atoms with E-state index >= 15 is 0 Å². The second-order valence-electron chi connectivity index (χ2n) is 2.64. The number of hydrogen-bond donors (Lipinski definition) is 0. The van der Waals surface area contributed by atoms with E-state index in [9.17, 15) is 0 Å². The average molecular weight is 205 g/mol. The van der Waals surface area contributed by atoms with Crippen LogP contribution in [0.5, 0.6) is 11.6 Å². The molecule has 0 saturated carbocycles. The molecule has 14 heavy (non-hydrogen) atoms. The van der Waals surface area contributed by atoms with Crippen molar-refractivity contribution in [1.82, 2.24) is 4.98 Å². The van der Waals surface area contributed by atoms with E-state index in [1.165, 1.54) is 0 Å². The second kappa shape index (κ2) is 4.11. The number of pyridine rings is 1. The van der Waals surface area contributed by atoms with E-state index in [4.69, 9.17) is 16.3 Å². The standard InChI is InChI=1S/C11H7ClNO/c12-10-7-4-8-11(13-10)14-9-5-2-1-3-6-9/h2-8H. The number of benzene rings is 1. The smallest absolute Gasteiger partial charge is 0.220 e. The van der Waals surface area contributed by atoms with E-state index in [0.717, 1.165) is 5.75 Å². The van der Waals surface area contributed by atoms with E-state index in [-0.39, 0.29) is 0 Å². The Morgan fingerprint density at radius 3 is 2.64 bits per heavy atom. The molecule has 1 aromatic heterocycles. The van der Waals surface area contributed by atoms with Crippen molar-refractivity contribution in [2.24, 2.45) is 0 Å². The molecule has 0 unspecified atom stereocenters. The molecule has 0 aliphatic heterocycles. The summed E-state index contributed by atoms with van der Waals surface area (Å²) in [4.78, 5) is 4.00. The fraction of sp³-hybridized carbons (Fsp3) is 0. The van der Waals surface area contributed by atoms with Crippen LogP contribution in [-0.4, -0.2) is 4.98 Å². The van der Waals surface area contributed by atoms with Gasteiger partial charge in [-0.2, -0.15) is 0 Å². The van der Waals surface area contributed by atoms with Gasteiger partial charge in [0.1, 0.15) is 10.9 Å². The molecule has 0 aliphatic rings. The molecule has 2 aromatic rings. The van der Waals surface area contributed by atoms with Gasteiger partial charge in [-0.1, -0.05) is 29.8 Å². The zero-order valence-corrected chi connectivity index (χ0v) is 8.03. The van der Waals surface area contributed by atoms with Crippen LogP contribution in [0.2, 0.25) is 5.15 Å². The Bertz CT molecular complexity index is 417. The van der Waals surface area contributed by atoms with Crippen LogP contribution < -0.4 is 4.74 Å². The van der Waals surface area contributed by atoms with Crippen molar-refractivity contribution in [1.29, 1.82) is 0 Å². The molecule has 0 spiro atoms. The molecule has 0 N–H and O–H groups in total. The van der Waals surface area contributed by atoms with Gasteiger partial charge in [-0.15, -0.1) is 0 Å². The number of hydrogen-bond acceptors (Lipinski definition) is 2. The van der Waals surface area contributed by atoms with Crippen LogP contribution in [0.1, 0.15) is 0 Å². The fourth-order valence-corrected chi connectivity index (χ4v) is 1.16. The number of ether oxygens (including phenoxy) is 1. The first-order valence-electron chi connectivity index (χ1n) is 4.11. The number of nitrogens with zero attached hydrogens (tertiary/aromatic N) is 1. The van der Waals surface area contributed by atoms with Crippen molar-refractivity contribution in [3.8, 4) is 11.6 Å². The summed E-state index contributed by atoms with van der Waals surface area (Å²) >= 11 is 5.71. The summed E-state index contributed by atoms with van der Waals surface area (Å²) in [6.07, 6.45) is 0. The molecule has 2 nitrogen and oxygen atoms in total. The van der Waals surface area contributed by atoms with E-state index < -0.39 is 0 Å². The van der Waals surface area contributed by atoms with Gasteiger partial charge in [0.15, 0.2) is 0 Å². The predicted octanol–water partition coefficient (Wildman–Crippen LogP) is 3.33. The topological polar surface area (TPSA) is 22.1 Å². The zero-order chi connectivity index (χ0) is 9.80. The fourth-order valence-electron chi connectivity index (χ4n) is 1.01. The van der Waals surface area contributed by atoms with Gasteiger partial charge in [-0.05, 0) is 24.3 Å². The maximum Gasteiger partial charge on any atom is 0.220 e.